The lowest BCUT2D eigenvalue weighted by Crippen LogP contribution is -2.46. The summed E-state index contributed by atoms with van der Waals surface area (Å²) in [5.41, 5.74) is 0. The Morgan fingerprint density at radius 2 is 1.64 bits per heavy atom. The predicted molar refractivity (Wildman–Crippen MR) is 42.4 cm³/mol. The van der Waals surface area contributed by atoms with Gasteiger partial charge in [-0.3, -0.25) is 4.90 Å². The van der Waals surface area contributed by atoms with E-state index in [1.807, 2.05) is 0 Å². The summed E-state index contributed by atoms with van der Waals surface area (Å²) >= 11 is 0. The maximum atomic E-state index is 12.4. The minimum atomic E-state index is -5.47. The molecular formula is C7H13F5N2. The van der Waals surface area contributed by atoms with E-state index < -0.39 is 18.6 Å². The first kappa shape index (κ1) is 13.6. The molecule has 0 aliphatic carbocycles. The molecule has 7 heteroatoms. The molecule has 0 rings (SSSR count). The summed E-state index contributed by atoms with van der Waals surface area (Å²) in [5.74, 6) is -4.64. The van der Waals surface area contributed by atoms with Crippen molar-refractivity contribution >= 4 is 0 Å². The molecule has 0 amide bonds. The largest absolute Gasteiger partial charge is 0.454 e. The second-order valence-electron chi connectivity index (χ2n) is 3.04. The van der Waals surface area contributed by atoms with E-state index in [1.54, 1.807) is 7.05 Å². The average molecular weight is 220 g/mol. The van der Waals surface area contributed by atoms with Gasteiger partial charge in [-0.05, 0) is 14.1 Å². The van der Waals surface area contributed by atoms with Crippen molar-refractivity contribution < 1.29 is 22.0 Å². The Hall–Kier alpha value is -0.430. The first-order valence-electron chi connectivity index (χ1n) is 3.98. The number of nitrogens with zero attached hydrogens (tertiary/aromatic N) is 1. The Labute approximate surface area is 79.1 Å². The van der Waals surface area contributed by atoms with Crippen LogP contribution in [-0.4, -0.2) is 50.7 Å². The van der Waals surface area contributed by atoms with E-state index in [-0.39, 0.29) is 6.54 Å². The van der Waals surface area contributed by atoms with Gasteiger partial charge in [-0.2, -0.15) is 22.0 Å². The molecular weight excluding hydrogens is 207 g/mol. The second kappa shape index (κ2) is 4.88. The van der Waals surface area contributed by atoms with Gasteiger partial charge in [0.25, 0.3) is 0 Å². The highest BCUT2D eigenvalue weighted by Gasteiger charge is 2.57. The quantitative estimate of drug-likeness (QED) is 0.703. The third-order valence-electron chi connectivity index (χ3n) is 1.63. The van der Waals surface area contributed by atoms with Crippen molar-refractivity contribution in [3.63, 3.8) is 0 Å². The lowest BCUT2D eigenvalue weighted by Gasteiger charge is -2.25. The molecule has 2 nitrogen and oxygen atoms in total. The molecule has 14 heavy (non-hydrogen) atoms. The Morgan fingerprint density at radius 1 is 1.14 bits per heavy atom. The maximum absolute atomic E-state index is 12.4. The number of hydrogen-bond donors (Lipinski definition) is 1. The normalized spacial score (nSPS) is 13.7. The molecule has 0 saturated heterocycles. The van der Waals surface area contributed by atoms with Gasteiger partial charge >= 0.3 is 12.1 Å². The zero-order valence-corrected chi connectivity index (χ0v) is 7.96. The summed E-state index contributed by atoms with van der Waals surface area (Å²) in [6.07, 6.45) is -5.47. The molecule has 0 heterocycles. The van der Waals surface area contributed by atoms with Gasteiger partial charge in [0.2, 0.25) is 0 Å². The van der Waals surface area contributed by atoms with Crippen LogP contribution in [0.1, 0.15) is 0 Å². The van der Waals surface area contributed by atoms with Gasteiger partial charge in [0, 0.05) is 13.1 Å². The van der Waals surface area contributed by atoms with Crippen molar-refractivity contribution in [2.45, 2.75) is 12.1 Å². The number of rotatable bonds is 5. The van der Waals surface area contributed by atoms with Crippen molar-refractivity contribution in [3.8, 4) is 0 Å². The second-order valence-corrected chi connectivity index (χ2v) is 3.04. The van der Waals surface area contributed by atoms with Gasteiger partial charge in [0.05, 0.1) is 6.54 Å². The van der Waals surface area contributed by atoms with Gasteiger partial charge < -0.3 is 5.32 Å². The molecule has 0 aromatic heterocycles. The van der Waals surface area contributed by atoms with Crippen molar-refractivity contribution in [1.82, 2.24) is 10.2 Å². The van der Waals surface area contributed by atoms with Gasteiger partial charge in [-0.15, -0.1) is 0 Å². The highest BCUT2D eigenvalue weighted by atomic mass is 19.4. The van der Waals surface area contributed by atoms with Crippen LogP contribution in [-0.2, 0) is 0 Å². The zero-order chi connectivity index (χ0) is 11.4. The summed E-state index contributed by atoms with van der Waals surface area (Å²) in [6, 6.07) is 0. The summed E-state index contributed by atoms with van der Waals surface area (Å²) in [5, 5.41) is 2.66. The van der Waals surface area contributed by atoms with E-state index in [2.05, 4.69) is 5.32 Å². The Bertz CT molecular complexity index is 168. The molecule has 0 spiro atoms. The molecule has 0 aromatic carbocycles. The number of halogens is 5. The first-order valence-corrected chi connectivity index (χ1v) is 3.98. The summed E-state index contributed by atoms with van der Waals surface area (Å²) < 4.78 is 60.0. The molecule has 0 saturated carbocycles. The fourth-order valence-electron chi connectivity index (χ4n) is 0.810. The van der Waals surface area contributed by atoms with E-state index in [9.17, 15) is 22.0 Å². The van der Waals surface area contributed by atoms with Gasteiger partial charge in [0.1, 0.15) is 0 Å². The van der Waals surface area contributed by atoms with Crippen LogP contribution in [0.25, 0.3) is 0 Å². The fraction of sp³-hybridized carbons (Fsp3) is 1.00. The van der Waals surface area contributed by atoms with E-state index in [0.29, 0.717) is 6.54 Å². The Kier molecular flexibility index (Phi) is 4.73. The van der Waals surface area contributed by atoms with Crippen LogP contribution in [0.5, 0.6) is 0 Å². The van der Waals surface area contributed by atoms with Crippen LogP contribution < -0.4 is 5.32 Å². The topological polar surface area (TPSA) is 15.3 Å². The standard InChI is InChI=1S/C7H13F5N2/c1-13-3-4-14(2)5-6(8,9)7(10,11)12/h13H,3-5H2,1-2H3. The van der Waals surface area contributed by atoms with Crippen molar-refractivity contribution in [2.24, 2.45) is 0 Å². The Balaban J connectivity index is 4.08. The number of hydrogen-bond acceptors (Lipinski definition) is 2. The minimum absolute atomic E-state index is 0.141. The van der Waals surface area contributed by atoms with E-state index in [1.165, 1.54) is 7.05 Å². The molecule has 0 bridgehead atoms. The number of alkyl halides is 5. The van der Waals surface area contributed by atoms with Crippen LogP contribution in [0.3, 0.4) is 0 Å². The highest BCUT2D eigenvalue weighted by molar-refractivity contribution is 4.78. The van der Waals surface area contributed by atoms with Crippen LogP contribution in [0.15, 0.2) is 0 Å². The molecule has 0 atom stereocenters. The van der Waals surface area contributed by atoms with Crippen LogP contribution in [0.2, 0.25) is 0 Å². The van der Waals surface area contributed by atoms with Crippen LogP contribution in [0, 0.1) is 0 Å². The molecule has 0 fully saturated rings. The van der Waals surface area contributed by atoms with Crippen molar-refractivity contribution in [3.05, 3.63) is 0 Å². The lowest BCUT2D eigenvalue weighted by molar-refractivity contribution is -0.285. The van der Waals surface area contributed by atoms with E-state index in [4.69, 9.17) is 0 Å². The van der Waals surface area contributed by atoms with Crippen LogP contribution >= 0.6 is 0 Å². The maximum Gasteiger partial charge on any atom is 0.454 e. The minimum Gasteiger partial charge on any atom is -0.318 e. The predicted octanol–water partition coefficient (Wildman–Crippen LogP) is 1.34. The third kappa shape index (κ3) is 4.19. The summed E-state index contributed by atoms with van der Waals surface area (Å²) in [4.78, 5) is 0.935. The smallest absolute Gasteiger partial charge is 0.318 e. The monoisotopic (exact) mass is 220 g/mol. The zero-order valence-electron chi connectivity index (χ0n) is 7.96. The van der Waals surface area contributed by atoms with Crippen molar-refractivity contribution in [1.29, 1.82) is 0 Å². The number of likely N-dealkylation sites (N-methyl/N-ethyl adjacent to an activating group) is 2. The SMILES string of the molecule is CNCCN(C)CC(F)(F)C(F)(F)F. The van der Waals surface area contributed by atoms with E-state index >= 15 is 0 Å². The molecule has 0 aromatic rings. The number of nitrogens with one attached hydrogen (secondary N) is 1. The Morgan fingerprint density at radius 3 is 2.00 bits per heavy atom. The molecule has 86 valence electrons. The van der Waals surface area contributed by atoms with Crippen LogP contribution in [0.4, 0.5) is 22.0 Å². The lowest BCUT2D eigenvalue weighted by atomic mass is 10.3. The first-order chi connectivity index (χ1) is 6.20. The van der Waals surface area contributed by atoms with E-state index in [0.717, 1.165) is 4.90 Å². The average Bonchev–Trinajstić information content (AvgIpc) is 1.97. The summed E-state index contributed by atoms with van der Waals surface area (Å²) in [6.45, 7) is -0.801. The van der Waals surface area contributed by atoms with Gasteiger partial charge in [-0.25, -0.2) is 0 Å². The van der Waals surface area contributed by atoms with Gasteiger partial charge in [-0.1, -0.05) is 0 Å². The fourth-order valence-corrected chi connectivity index (χ4v) is 0.810. The molecule has 1 N–H and O–H groups in total. The van der Waals surface area contributed by atoms with Gasteiger partial charge in [0.15, 0.2) is 0 Å². The summed E-state index contributed by atoms with van der Waals surface area (Å²) in [7, 11) is 2.81. The molecule has 0 aliphatic heterocycles. The third-order valence-corrected chi connectivity index (χ3v) is 1.63. The molecule has 0 radical (unpaired) electrons. The highest BCUT2D eigenvalue weighted by Crippen LogP contribution is 2.35. The van der Waals surface area contributed by atoms with Crippen molar-refractivity contribution in [2.75, 3.05) is 33.7 Å². The molecule has 0 unspecified atom stereocenters. The molecule has 0 aliphatic rings.